The zero-order chi connectivity index (χ0) is 71.1. The van der Waals surface area contributed by atoms with Gasteiger partial charge < -0.3 is 71.3 Å². The summed E-state index contributed by atoms with van der Waals surface area (Å²) in [4.78, 5) is 165. The number of aliphatic imine (C=N–C) groups is 1. The second-order valence-electron chi connectivity index (χ2n) is 23.2. The lowest BCUT2D eigenvalue weighted by atomic mass is 10.0. The number of nitrogens with one attached hydrogen (secondary N) is 6. The Morgan fingerprint density at radius 3 is 2.16 bits per heavy atom. The van der Waals surface area contributed by atoms with Gasteiger partial charge in [-0.05, 0) is 74.9 Å². The standard InChI is InChI=1S/C63H66N15O16PS5/c1-29-21-45(92-19-17-91-18-20-93-95(88,89)90)78-49(29)62-75-44(28-100-62)60-71-40(24-96-60)47-36(15-16-37(68-47)58-72-41(25-97-58)53(83)67-31(3)52(82)66-30(2)51(81)65-5)57-77-46(32(4)94-57)56(86)76-48(50(64)80)61-74-43(27-99-61)54(84)69-38(22-33-9-7-6-8-10-33)59-73-42(26-98-59)55(85)70-39(63(78)87)23-34-11-13-35(79)14-12-34/h6-16,24-25,27-31,38-39,42,45,48-49,79H,17-23,26H2,1-5H3,(H2,64,80)(H,65,81)(H,66,82)(H,67,83)(H,69,84)(H,70,85)(H,76,86)(H2,88,89,90). The van der Waals surface area contributed by atoms with E-state index in [4.69, 9.17) is 39.6 Å². The number of ether oxygens (including phenoxy) is 2. The van der Waals surface area contributed by atoms with Gasteiger partial charge >= 0.3 is 7.82 Å². The average molecular weight is 1480 g/mol. The van der Waals surface area contributed by atoms with E-state index >= 15 is 4.79 Å². The second-order valence-corrected chi connectivity index (χ2v) is 29.0. The van der Waals surface area contributed by atoms with Gasteiger partial charge in [-0.3, -0.25) is 47.9 Å². The minimum absolute atomic E-state index is 0.0181. The number of phosphoric acid groups is 1. The van der Waals surface area contributed by atoms with Crippen molar-refractivity contribution in [2.75, 3.05) is 39.2 Å². The van der Waals surface area contributed by atoms with Crippen molar-refractivity contribution in [2.24, 2.45) is 16.6 Å². The summed E-state index contributed by atoms with van der Waals surface area (Å²) in [6.07, 6.45) is -0.510. The highest BCUT2D eigenvalue weighted by molar-refractivity contribution is 8.14. The van der Waals surface area contributed by atoms with Gasteiger partial charge in [0, 0.05) is 40.7 Å². The molecule has 11 N–H and O–H groups in total. The maximum atomic E-state index is 15.8. The number of thioether (sulfide) groups is 1. The van der Waals surface area contributed by atoms with Crippen molar-refractivity contribution in [3.63, 3.8) is 0 Å². The molecule has 9 heterocycles. The largest absolute Gasteiger partial charge is 0.508 e. The van der Waals surface area contributed by atoms with Crippen molar-refractivity contribution < 1.29 is 76.2 Å². The van der Waals surface area contributed by atoms with Crippen LogP contribution in [0.5, 0.6) is 5.75 Å². The third-order valence-electron chi connectivity index (χ3n) is 16.0. The van der Waals surface area contributed by atoms with E-state index in [2.05, 4.69) is 51.4 Å². The van der Waals surface area contributed by atoms with Crippen LogP contribution in [-0.4, -0.2) is 178 Å². The predicted molar refractivity (Wildman–Crippen MR) is 369 cm³/mol. The van der Waals surface area contributed by atoms with Gasteiger partial charge in [0.05, 0.1) is 54.8 Å². The fraction of sp³-hybridized carbons (Fsp3) is 0.349. The fourth-order valence-corrected chi connectivity index (χ4v) is 15.9. The molecular formula is C63H66N15O16PS5. The molecule has 100 heavy (non-hydrogen) atoms. The first kappa shape index (κ1) is 72.2. The van der Waals surface area contributed by atoms with Crippen molar-refractivity contribution in [1.29, 1.82) is 0 Å². The summed E-state index contributed by atoms with van der Waals surface area (Å²) in [6, 6.07) is 11.2. The first-order valence-corrected chi connectivity index (χ1v) is 37.0. The zero-order valence-electron chi connectivity index (χ0n) is 53.8. The highest BCUT2D eigenvalue weighted by Crippen LogP contribution is 2.45. The number of carbonyl (C=O) groups excluding carboxylic acids is 8. The predicted octanol–water partition coefficient (Wildman–Crippen LogP) is 4.88. The van der Waals surface area contributed by atoms with Gasteiger partial charge in [-0.2, -0.15) is 0 Å². The molecule has 9 atom stereocenters. The molecule has 0 spiro atoms. The molecule has 11 rings (SSSR count). The minimum atomic E-state index is -4.76. The monoisotopic (exact) mass is 1480 g/mol. The molecule has 3 aliphatic rings. The third-order valence-corrected chi connectivity index (χ3v) is 21.2. The summed E-state index contributed by atoms with van der Waals surface area (Å²) in [5.74, 6) is -5.81. The van der Waals surface area contributed by atoms with Crippen LogP contribution in [0.3, 0.4) is 0 Å². The Hall–Kier alpha value is -9.07. The molecule has 1 saturated heterocycles. The van der Waals surface area contributed by atoms with Gasteiger partial charge in [-0.1, -0.05) is 49.4 Å². The SMILES string of the molecule is CNC(=O)C(C)NC(=O)C(C)NC(=O)c1csc(-c2ccc3c(n2)-c2csc(n2)-c2csc(n2)C2C(C)CC(OCCOCCOP(=O)(O)O)N2C(=O)C(Cc2ccc(O)cc2)NC(=O)C2CSC(=N2)C(Cc2ccccc2)NC(=O)c2csc(n2)C(C(N)=O)NC(=O)c2nc-3oc2C)n1. The number of phosphoric ester groups is 1. The van der Waals surface area contributed by atoms with E-state index in [0.717, 1.165) is 28.2 Å². The Morgan fingerprint density at radius 1 is 0.730 bits per heavy atom. The molecule has 31 nitrogen and oxygen atoms in total. The number of likely N-dealkylation sites (N-methyl/N-ethyl adjacent to an activating group) is 1. The zero-order valence-corrected chi connectivity index (χ0v) is 58.8. The molecule has 37 heteroatoms. The number of phenols is 1. The van der Waals surface area contributed by atoms with Crippen LogP contribution < -0.4 is 37.6 Å². The van der Waals surface area contributed by atoms with Crippen molar-refractivity contribution >= 4 is 117 Å². The van der Waals surface area contributed by atoms with Crippen molar-refractivity contribution in [3.05, 3.63) is 132 Å². The van der Waals surface area contributed by atoms with Crippen LogP contribution in [0, 0.1) is 12.8 Å². The van der Waals surface area contributed by atoms with Crippen LogP contribution in [0.25, 0.3) is 44.2 Å². The molecule has 2 aromatic carbocycles. The number of carbonyl (C=O) groups is 8. The van der Waals surface area contributed by atoms with Gasteiger partial charge in [0.25, 0.3) is 17.7 Å². The normalized spacial score (nSPS) is 20.2. The third kappa shape index (κ3) is 17.2. The second kappa shape index (κ2) is 31.6. The quantitative estimate of drug-likeness (QED) is 0.0381. The number of aryl methyl sites for hydroxylation is 1. The van der Waals surface area contributed by atoms with Crippen LogP contribution in [0.2, 0.25) is 0 Å². The summed E-state index contributed by atoms with van der Waals surface area (Å²) in [5, 5.41) is 34.4. The van der Waals surface area contributed by atoms with Gasteiger partial charge in [0.15, 0.2) is 11.7 Å². The number of nitrogens with zero attached hydrogens (tertiary/aromatic N) is 8. The van der Waals surface area contributed by atoms with Crippen molar-refractivity contribution in [3.8, 4) is 50.0 Å². The lowest BCUT2D eigenvalue weighted by Crippen LogP contribution is -2.54. The number of aromatic hydroxyl groups is 1. The van der Waals surface area contributed by atoms with E-state index < -0.39 is 110 Å². The number of aromatic nitrogens is 6. The van der Waals surface area contributed by atoms with Crippen LogP contribution in [0.1, 0.15) is 97.6 Å². The maximum absolute atomic E-state index is 15.8. The molecule has 0 saturated carbocycles. The first-order chi connectivity index (χ1) is 47.9. The van der Waals surface area contributed by atoms with Crippen LogP contribution >= 0.6 is 64.9 Å². The van der Waals surface area contributed by atoms with Crippen LogP contribution in [0.4, 0.5) is 0 Å². The van der Waals surface area contributed by atoms with Gasteiger partial charge in [0.1, 0.15) is 90.4 Å². The molecule has 6 aromatic heterocycles. The molecule has 9 unspecified atom stereocenters. The average Bonchev–Trinajstić information content (AvgIpc) is 1.60. The molecule has 8 amide bonds. The Labute approximate surface area is 590 Å². The molecule has 8 aromatic rings. The summed E-state index contributed by atoms with van der Waals surface area (Å²) in [7, 11) is -3.33. The van der Waals surface area contributed by atoms with Gasteiger partial charge in [-0.25, -0.2) is 34.5 Å². The van der Waals surface area contributed by atoms with Gasteiger partial charge in [0.2, 0.25) is 35.4 Å². The van der Waals surface area contributed by atoms with Crippen LogP contribution in [0.15, 0.2) is 97.7 Å². The summed E-state index contributed by atoms with van der Waals surface area (Å²) >= 11 is 5.65. The summed E-state index contributed by atoms with van der Waals surface area (Å²) in [5.41, 5.74) is 8.22. The lowest BCUT2D eigenvalue weighted by molar-refractivity contribution is -0.151. The molecule has 0 radical (unpaired) electrons. The smallest absolute Gasteiger partial charge is 0.469 e. The number of amides is 8. The number of pyridine rings is 1. The van der Waals surface area contributed by atoms with E-state index in [1.54, 1.807) is 39.9 Å². The highest BCUT2D eigenvalue weighted by atomic mass is 32.2. The first-order valence-electron chi connectivity index (χ1n) is 31.0. The Kier molecular flexibility index (Phi) is 22.8. The summed E-state index contributed by atoms with van der Waals surface area (Å²) in [6.45, 7) is 5.63. The number of hydrogen-bond donors (Lipinski definition) is 10. The Balaban J connectivity index is 0.983. The number of fused-ring (bicyclic) bond motifs is 15. The number of rotatable bonds is 19. The molecule has 524 valence electrons. The molecular weight excluding hydrogens is 1410 g/mol. The lowest BCUT2D eigenvalue weighted by Gasteiger charge is -2.33. The van der Waals surface area contributed by atoms with Gasteiger partial charge in [-0.15, -0.1) is 57.1 Å². The number of benzene rings is 2. The Bertz CT molecular complexity index is 4460. The highest BCUT2D eigenvalue weighted by Gasteiger charge is 2.48. The molecule has 1 fully saturated rings. The number of hydrogen-bond acceptors (Lipinski definition) is 26. The summed E-state index contributed by atoms with van der Waals surface area (Å²) < 4.78 is 34.1. The van der Waals surface area contributed by atoms with Crippen molar-refractivity contribution in [1.82, 2.24) is 66.7 Å². The topological polar surface area (TPSA) is 446 Å². The van der Waals surface area contributed by atoms with E-state index in [0.29, 0.717) is 26.3 Å². The van der Waals surface area contributed by atoms with E-state index in [1.165, 1.54) is 85.1 Å². The van der Waals surface area contributed by atoms with E-state index in [-0.39, 0.29) is 118 Å². The number of nitrogens with two attached hydrogens (primary N) is 1. The number of primary amides is 1. The molecule has 0 aliphatic carbocycles. The number of thiazole rings is 4. The maximum Gasteiger partial charge on any atom is 0.469 e. The molecule has 10 bridgehead atoms. The number of phenolic OH excluding ortho intramolecular Hbond substituents is 1. The fourth-order valence-electron chi connectivity index (χ4n) is 11.0. The Morgan fingerprint density at radius 2 is 1.41 bits per heavy atom. The molecule has 3 aliphatic heterocycles. The number of oxazole rings is 1. The van der Waals surface area contributed by atoms with Crippen LogP contribution in [-0.2, 0) is 55.4 Å². The minimum Gasteiger partial charge on any atom is -0.508 e. The van der Waals surface area contributed by atoms with Crippen molar-refractivity contribution in [2.45, 2.75) is 95.5 Å². The van der Waals surface area contributed by atoms with E-state index in [1.807, 2.05) is 37.3 Å². The van der Waals surface area contributed by atoms with E-state index in [9.17, 15) is 53.0 Å².